The van der Waals surface area contributed by atoms with Gasteiger partial charge in [0.15, 0.2) is 22.3 Å². The molecule has 47 heavy (non-hydrogen) atoms. The minimum absolute atomic E-state index is 0.0173. The van der Waals surface area contributed by atoms with Crippen LogP contribution in [0.15, 0.2) is 44.9 Å². The van der Waals surface area contributed by atoms with Gasteiger partial charge in [-0.15, -0.1) is 23.1 Å². The molecule has 5 rings (SSSR count). The number of carboxylic acid groups (broad SMARTS) is 2. The summed E-state index contributed by atoms with van der Waals surface area (Å²) in [5.41, 5.74) is 2.13. The highest BCUT2D eigenvalue weighted by Gasteiger charge is 2.54. The number of aromatic hydroxyl groups is 2. The Morgan fingerprint density at radius 1 is 1.19 bits per heavy atom. The van der Waals surface area contributed by atoms with E-state index in [1.165, 1.54) is 19.2 Å². The first-order valence-corrected chi connectivity index (χ1v) is 15.3. The number of nitrogen functional groups attached to an aromatic ring is 1. The maximum atomic E-state index is 13.2. The number of hydrogen-bond donors (Lipinski definition) is 8. The standard InChI is InChI=1S/C27H25N7O11S2/c1-27(2,25(43)44)45-33-16(13-8-47-26(28)31-13)21(39)32-17-22(40)34-18(24(41)42)9(7-46-23(17)34)5-30-20(38)11-6-29-12-4-15(36)14(35)3-10(12)19(11)37/h3-4,6,8,17,23,35-36H,5,7H2,1-2H3,(H2,28,31)(H,29,37)(H,30,38)(H,32,39)(H,41,42)(H,43,44)/b33-16-/t17?,23-/m0/s1. The lowest BCUT2D eigenvalue weighted by atomic mass is 10.0. The van der Waals surface area contributed by atoms with Gasteiger partial charge < -0.3 is 46.6 Å². The molecule has 20 heteroatoms. The number of nitrogens with two attached hydrogens (primary N) is 1. The van der Waals surface area contributed by atoms with Crippen LogP contribution in [0.3, 0.4) is 0 Å². The monoisotopic (exact) mass is 687 g/mol. The summed E-state index contributed by atoms with van der Waals surface area (Å²) in [6.07, 6.45) is 1.10. The number of amides is 3. The van der Waals surface area contributed by atoms with Crippen molar-refractivity contribution in [2.75, 3.05) is 18.0 Å². The van der Waals surface area contributed by atoms with Crippen LogP contribution in [0.1, 0.15) is 29.9 Å². The maximum Gasteiger partial charge on any atom is 0.352 e. The Kier molecular flexibility index (Phi) is 8.56. The van der Waals surface area contributed by atoms with Crippen molar-refractivity contribution in [2.24, 2.45) is 5.16 Å². The van der Waals surface area contributed by atoms with Crippen LogP contribution in [-0.4, -0.2) is 100.0 Å². The Bertz CT molecular complexity index is 1980. The van der Waals surface area contributed by atoms with Crippen LogP contribution in [0, 0.1) is 0 Å². The number of aromatic amines is 1. The Morgan fingerprint density at radius 2 is 1.89 bits per heavy atom. The molecule has 0 bridgehead atoms. The van der Waals surface area contributed by atoms with Crippen molar-refractivity contribution in [1.82, 2.24) is 25.5 Å². The molecule has 0 spiro atoms. The van der Waals surface area contributed by atoms with Crippen LogP contribution in [-0.2, 0) is 24.0 Å². The number of benzene rings is 1. The molecule has 3 aromatic rings. The highest BCUT2D eigenvalue weighted by molar-refractivity contribution is 8.00. The molecule has 1 unspecified atom stereocenters. The Balaban J connectivity index is 1.32. The highest BCUT2D eigenvalue weighted by Crippen LogP contribution is 2.40. The van der Waals surface area contributed by atoms with Crippen molar-refractivity contribution < 1.29 is 49.2 Å². The SMILES string of the molecule is CC(C)(O/N=C(\C(=O)NC1C(=O)N2C(C(=O)O)=C(CNC(=O)c3c[nH]c4cc(O)c(O)cc4c3=O)CS[C@@H]12)c1csc(N)n1)C(=O)O. The fraction of sp³-hybridized carbons (Fsp3) is 0.259. The number of oxime groups is 1. The van der Waals surface area contributed by atoms with Gasteiger partial charge in [-0.1, -0.05) is 5.16 Å². The number of β-lactam (4-membered cyclic amide) rings is 1. The molecule has 18 nitrogen and oxygen atoms in total. The van der Waals surface area contributed by atoms with Crippen LogP contribution < -0.4 is 21.8 Å². The average Bonchev–Trinajstić information content (AvgIpc) is 3.44. The van der Waals surface area contributed by atoms with Crippen molar-refractivity contribution in [3.05, 3.63) is 56.5 Å². The molecule has 0 aliphatic carbocycles. The molecule has 2 aliphatic heterocycles. The molecule has 2 aliphatic rings. The number of aliphatic carboxylic acids is 2. The maximum absolute atomic E-state index is 13.2. The largest absolute Gasteiger partial charge is 0.504 e. The summed E-state index contributed by atoms with van der Waals surface area (Å²) in [5, 5.41) is 47.9. The minimum atomic E-state index is -1.82. The van der Waals surface area contributed by atoms with Gasteiger partial charge in [0, 0.05) is 29.9 Å². The number of phenols is 2. The van der Waals surface area contributed by atoms with E-state index in [1.54, 1.807) is 0 Å². The molecule has 0 saturated carbocycles. The van der Waals surface area contributed by atoms with Crippen molar-refractivity contribution in [1.29, 1.82) is 0 Å². The second-order valence-electron chi connectivity index (χ2n) is 10.6. The molecule has 1 aromatic carbocycles. The summed E-state index contributed by atoms with van der Waals surface area (Å²) < 4.78 is 0. The topological polar surface area (TPSA) is 287 Å². The van der Waals surface area contributed by atoms with Crippen molar-refractivity contribution in [3.63, 3.8) is 0 Å². The molecule has 0 radical (unpaired) electrons. The van der Waals surface area contributed by atoms with E-state index in [0.29, 0.717) is 0 Å². The van der Waals surface area contributed by atoms with E-state index in [4.69, 9.17) is 10.6 Å². The van der Waals surface area contributed by atoms with Gasteiger partial charge in [0.1, 0.15) is 28.4 Å². The number of rotatable bonds is 10. The molecule has 1 fully saturated rings. The summed E-state index contributed by atoms with van der Waals surface area (Å²) in [7, 11) is 0. The molecular formula is C27H25N7O11S2. The van der Waals surface area contributed by atoms with E-state index < -0.39 is 75.0 Å². The lowest BCUT2D eigenvalue weighted by Gasteiger charge is -2.49. The number of nitrogens with zero attached hydrogens (tertiary/aromatic N) is 3. The van der Waals surface area contributed by atoms with Crippen LogP contribution in [0.5, 0.6) is 11.5 Å². The van der Waals surface area contributed by atoms with E-state index in [0.717, 1.165) is 46.3 Å². The zero-order valence-corrected chi connectivity index (χ0v) is 25.9. The Labute approximate surface area is 270 Å². The number of hydrogen-bond acceptors (Lipinski definition) is 14. The summed E-state index contributed by atoms with van der Waals surface area (Å²) in [6, 6.07) is 0.904. The number of aromatic nitrogens is 2. The average molecular weight is 688 g/mol. The van der Waals surface area contributed by atoms with Crippen molar-refractivity contribution >= 4 is 74.5 Å². The number of carbonyl (C=O) groups excluding carboxylic acids is 3. The van der Waals surface area contributed by atoms with E-state index in [9.17, 15) is 49.2 Å². The van der Waals surface area contributed by atoms with E-state index in [-0.39, 0.29) is 45.2 Å². The van der Waals surface area contributed by atoms with Crippen molar-refractivity contribution in [2.45, 2.75) is 30.9 Å². The zero-order chi connectivity index (χ0) is 34.4. The molecule has 2 aromatic heterocycles. The molecule has 2 atom stereocenters. The number of carboxylic acids is 2. The normalized spacial score (nSPS) is 18.0. The van der Waals surface area contributed by atoms with Crippen LogP contribution in [0.2, 0.25) is 0 Å². The van der Waals surface area contributed by atoms with Crippen LogP contribution >= 0.6 is 23.1 Å². The third-order valence-corrected chi connectivity index (χ3v) is 9.09. The van der Waals surface area contributed by atoms with Gasteiger partial charge in [0.25, 0.3) is 17.7 Å². The number of thiazole rings is 1. The molecule has 9 N–H and O–H groups in total. The van der Waals surface area contributed by atoms with Crippen LogP contribution in [0.4, 0.5) is 5.13 Å². The lowest BCUT2D eigenvalue weighted by molar-refractivity contribution is -0.161. The molecule has 4 heterocycles. The number of carbonyl (C=O) groups is 5. The first-order chi connectivity index (χ1) is 22.1. The number of H-pyrrole nitrogens is 1. The minimum Gasteiger partial charge on any atom is -0.504 e. The molecule has 1 saturated heterocycles. The van der Waals surface area contributed by atoms with E-state index >= 15 is 0 Å². The first-order valence-electron chi connectivity index (χ1n) is 13.4. The first kappa shape index (κ1) is 32.8. The smallest absolute Gasteiger partial charge is 0.352 e. The zero-order valence-electron chi connectivity index (χ0n) is 24.3. The predicted octanol–water partition coefficient (Wildman–Crippen LogP) is -0.269. The summed E-state index contributed by atoms with van der Waals surface area (Å²) >= 11 is 2.07. The van der Waals surface area contributed by atoms with Gasteiger partial charge in [0.2, 0.25) is 11.0 Å². The van der Waals surface area contributed by atoms with Crippen LogP contribution in [0.25, 0.3) is 10.9 Å². The quantitative estimate of drug-likeness (QED) is 0.0590. The fourth-order valence-corrected chi connectivity index (χ4v) is 6.42. The highest BCUT2D eigenvalue weighted by atomic mass is 32.2. The number of anilines is 1. The Morgan fingerprint density at radius 3 is 2.53 bits per heavy atom. The second-order valence-corrected chi connectivity index (χ2v) is 12.6. The van der Waals surface area contributed by atoms with E-state index in [2.05, 4.69) is 25.8 Å². The van der Waals surface area contributed by atoms with Gasteiger partial charge in [-0.3, -0.25) is 24.1 Å². The summed E-state index contributed by atoms with van der Waals surface area (Å²) in [6.45, 7) is 2.05. The van der Waals surface area contributed by atoms with E-state index in [1.807, 2.05) is 0 Å². The second kappa shape index (κ2) is 12.3. The predicted molar refractivity (Wildman–Crippen MR) is 166 cm³/mol. The number of nitrogens with one attached hydrogen (secondary N) is 3. The molecule has 246 valence electrons. The number of fused-ring (bicyclic) bond motifs is 2. The van der Waals surface area contributed by atoms with Gasteiger partial charge >= 0.3 is 11.9 Å². The van der Waals surface area contributed by atoms with Gasteiger partial charge in [-0.25, -0.2) is 14.6 Å². The summed E-state index contributed by atoms with van der Waals surface area (Å²) in [5.74, 6) is -6.47. The van der Waals surface area contributed by atoms with Gasteiger partial charge in [0.05, 0.1) is 10.9 Å². The third kappa shape index (κ3) is 6.14. The van der Waals surface area contributed by atoms with Gasteiger partial charge in [-0.05, 0) is 25.5 Å². The summed E-state index contributed by atoms with van der Waals surface area (Å²) in [4.78, 5) is 88.6. The molecular weight excluding hydrogens is 662 g/mol. The number of thioether (sulfide) groups is 1. The van der Waals surface area contributed by atoms with Gasteiger partial charge in [-0.2, -0.15) is 0 Å². The third-order valence-electron chi connectivity index (χ3n) is 7.08. The fourth-order valence-electron chi connectivity index (χ4n) is 4.52. The lowest BCUT2D eigenvalue weighted by Crippen LogP contribution is -2.71. The van der Waals surface area contributed by atoms with Crippen molar-refractivity contribution in [3.8, 4) is 11.5 Å². The Hall–Kier alpha value is -5.63. The number of phenolic OH excluding ortho intramolecular Hbond substituents is 2. The molecule has 3 amide bonds. The number of pyridine rings is 1.